The minimum Gasteiger partial charge on any atom is -0.496 e. The number of carbonyl (C=O) groups is 2. The Morgan fingerprint density at radius 1 is 1.32 bits per heavy atom. The monoisotopic (exact) mass is 364 g/mol. The lowest BCUT2D eigenvalue weighted by atomic mass is 10.1. The van der Waals surface area contributed by atoms with E-state index in [1.54, 1.807) is 32.2 Å². The van der Waals surface area contributed by atoms with Crippen molar-refractivity contribution in [2.45, 2.75) is 32.9 Å². The van der Waals surface area contributed by atoms with Crippen LogP contribution in [0.1, 0.15) is 36.1 Å². The molecule has 1 amide bonds. The number of carboxylic acids is 1. The summed E-state index contributed by atoms with van der Waals surface area (Å²) in [6, 6.07) is 4.58. The van der Waals surface area contributed by atoms with Gasteiger partial charge in [0.1, 0.15) is 16.4 Å². The van der Waals surface area contributed by atoms with Gasteiger partial charge in [-0.3, -0.25) is 0 Å². The number of aromatic carboxylic acids is 1. The van der Waals surface area contributed by atoms with Gasteiger partial charge in [0, 0.05) is 10.9 Å². The van der Waals surface area contributed by atoms with Crippen LogP contribution in [0.3, 0.4) is 0 Å². The van der Waals surface area contributed by atoms with Crippen molar-refractivity contribution in [2.75, 3.05) is 7.11 Å². The highest BCUT2D eigenvalue weighted by atomic mass is 32.1. The van der Waals surface area contributed by atoms with E-state index >= 15 is 0 Å². The van der Waals surface area contributed by atoms with Crippen LogP contribution in [0.5, 0.6) is 5.75 Å². The van der Waals surface area contributed by atoms with Gasteiger partial charge >= 0.3 is 12.1 Å². The summed E-state index contributed by atoms with van der Waals surface area (Å²) in [6.07, 6.45) is -0.519. The van der Waals surface area contributed by atoms with Crippen molar-refractivity contribution in [1.82, 2.24) is 10.3 Å². The van der Waals surface area contributed by atoms with Gasteiger partial charge in [-0.1, -0.05) is 0 Å². The van der Waals surface area contributed by atoms with E-state index in [0.717, 1.165) is 0 Å². The molecule has 0 radical (unpaired) electrons. The van der Waals surface area contributed by atoms with Gasteiger partial charge < -0.3 is 19.9 Å². The SMILES string of the molecule is COc1ccc(C(=O)O)cc1-c1csc(CNC(=O)OC(C)(C)C)n1. The average molecular weight is 364 g/mol. The summed E-state index contributed by atoms with van der Waals surface area (Å²) in [6.45, 7) is 5.59. The highest BCUT2D eigenvalue weighted by Gasteiger charge is 2.17. The molecule has 0 saturated carbocycles. The fraction of sp³-hybridized carbons (Fsp3) is 0.353. The Kier molecular flexibility index (Phi) is 5.63. The molecule has 0 atom stereocenters. The standard InChI is InChI=1S/C17H20N2O5S/c1-17(2,3)24-16(22)18-8-14-19-12(9-25-14)11-7-10(15(20)21)5-6-13(11)23-4/h5-7,9H,8H2,1-4H3,(H,18,22)(H,20,21). The normalized spacial score (nSPS) is 11.0. The molecule has 0 aliphatic heterocycles. The minimum absolute atomic E-state index is 0.150. The summed E-state index contributed by atoms with van der Waals surface area (Å²) in [4.78, 5) is 27.3. The van der Waals surface area contributed by atoms with E-state index < -0.39 is 17.7 Å². The second kappa shape index (κ2) is 7.52. The first-order valence-electron chi connectivity index (χ1n) is 7.52. The number of hydrogen-bond donors (Lipinski definition) is 2. The van der Waals surface area contributed by atoms with Gasteiger partial charge in [-0.15, -0.1) is 11.3 Å². The summed E-state index contributed by atoms with van der Waals surface area (Å²) in [7, 11) is 1.51. The van der Waals surface area contributed by atoms with Gasteiger partial charge in [0.2, 0.25) is 0 Å². The van der Waals surface area contributed by atoms with Crippen LogP contribution in [-0.2, 0) is 11.3 Å². The van der Waals surface area contributed by atoms with E-state index in [4.69, 9.17) is 14.6 Å². The second-order valence-electron chi connectivity index (χ2n) is 6.20. The number of carboxylic acid groups (broad SMARTS) is 1. The summed E-state index contributed by atoms with van der Waals surface area (Å²) in [5.41, 5.74) is 0.758. The van der Waals surface area contributed by atoms with Crippen molar-refractivity contribution in [3.8, 4) is 17.0 Å². The summed E-state index contributed by atoms with van der Waals surface area (Å²) in [5, 5.41) is 14.2. The number of rotatable bonds is 5. The number of aromatic nitrogens is 1. The number of thiazole rings is 1. The third-order valence-electron chi connectivity index (χ3n) is 3.06. The van der Waals surface area contributed by atoms with E-state index in [2.05, 4.69) is 10.3 Å². The van der Waals surface area contributed by atoms with Gasteiger partial charge in [-0.05, 0) is 39.0 Å². The highest BCUT2D eigenvalue weighted by Crippen LogP contribution is 2.31. The molecular weight excluding hydrogens is 344 g/mol. The quantitative estimate of drug-likeness (QED) is 0.842. The molecule has 0 unspecified atom stereocenters. The highest BCUT2D eigenvalue weighted by molar-refractivity contribution is 7.09. The zero-order valence-corrected chi connectivity index (χ0v) is 15.3. The van der Waals surface area contributed by atoms with Gasteiger partial charge in [0.25, 0.3) is 0 Å². The van der Waals surface area contributed by atoms with Crippen LogP contribution in [0.15, 0.2) is 23.6 Å². The van der Waals surface area contributed by atoms with E-state index in [9.17, 15) is 9.59 Å². The molecule has 1 aromatic carbocycles. The fourth-order valence-corrected chi connectivity index (χ4v) is 2.75. The number of methoxy groups -OCH3 is 1. The molecule has 7 nitrogen and oxygen atoms in total. The number of benzene rings is 1. The molecule has 0 bridgehead atoms. The molecule has 134 valence electrons. The molecule has 8 heteroatoms. The lowest BCUT2D eigenvalue weighted by Crippen LogP contribution is -2.32. The first-order valence-corrected chi connectivity index (χ1v) is 8.40. The van der Waals surface area contributed by atoms with Crippen molar-refractivity contribution in [3.05, 3.63) is 34.2 Å². The Morgan fingerprint density at radius 2 is 2.04 bits per heavy atom. The minimum atomic E-state index is -1.02. The third-order valence-corrected chi connectivity index (χ3v) is 3.91. The van der Waals surface area contributed by atoms with Crippen molar-refractivity contribution >= 4 is 23.4 Å². The second-order valence-corrected chi connectivity index (χ2v) is 7.14. The Hall–Kier alpha value is -2.61. The Labute approximate surface area is 149 Å². The Balaban J connectivity index is 2.14. The van der Waals surface area contributed by atoms with Crippen molar-refractivity contribution in [1.29, 1.82) is 0 Å². The summed E-state index contributed by atoms with van der Waals surface area (Å²) < 4.78 is 10.4. The number of alkyl carbamates (subject to hydrolysis) is 1. The number of ether oxygens (including phenoxy) is 2. The van der Waals surface area contributed by atoms with Gasteiger partial charge in [-0.25, -0.2) is 14.6 Å². The zero-order valence-electron chi connectivity index (χ0n) is 14.5. The molecule has 1 heterocycles. The van der Waals surface area contributed by atoms with Crippen LogP contribution in [0.2, 0.25) is 0 Å². The number of nitrogens with one attached hydrogen (secondary N) is 1. The third kappa shape index (κ3) is 5.18. The molecule has 0 aliphatic rings. The maximum Gasteiger partial charge on any atom is 0.408 e. The molecule has 0 saturated heterocycles. The lowest BCUT2D eigenvalue weighted by molar-refractivity contribution is 0.0523. The molecule has 0 fully saturated rings. The maximum absolute atomic E-state index is 11.7. The first-order chi connectivity index (χ1) is 11.7. The van der Waals surface area contributed by atoms with E-state index in [1.807, 2.05) is 0 Å². The van der Waals surface area contributed by atoms with Gasteiger partial charge in [-0.2, -0.15) is 0 Å². The van der Waals surface area contributed by atoms with Crippen molar-refractivity contribution in [3.63, 3.8) is 0 Å². The molecule has 2 aromatic rings. The molecular formula is C17H20N2O5S. The summed E-state index contributed by atoms with van der Waals surface area (Å²) >= 11 is 1.35. The zero-order chi connectivity index (χ0) is 18.6. The predicted molar refractivity (Wildman–Crippen MR) is 94.1 cm³/mol. The summed E-state index contributed by atoms with van der Waals surface area (Å²) in [5.74, 6) is -0.493. The maximum atomic E-state index is 11.7. The molecule has 2 N–H and O–H groups in total. The van der Waals surface area contributed by atoms with Crippen LogP contribution in [0.25, 0.3) is 11.3 Å². The van der Waals surface area contributed by atoms with Gasteiger partial charge in [0.05, 0.1) is 24.9 Å². The fourth-order valence-electron chi connectivity index (χ4n) is 2.02. The van der Waals surface area contributed by atoms with Crippen molar-refractivity contribution < 1.29 is 24.2 Å². The molecule has 2 rings (SSSR count). The number of hydrogen-bond acceptors (Lipinski definition) is 6. The van der Waals surface area contributed by atoms with Gasteiger partial charge in [0.15, 0.2) is 0 Å². The van der Waals surface area contributed by atoms with Crippen LogP contribution in [0.4, 0.5) is 4.79 Å². The number of nitrogens with zero attached hydrogens (tertiary/aromatic N) is 1. The van der Waals surface area contributed by atoms with Crippen LogP contribution in [-0.4, -0.2) is 34.9 Å². The number of carbonyl (C=O) groups excluding carboxylic acids is 1. The molecule has 0 aliphatic carbocycles. The molecule has 25 heavy (non-hydrogen) atoms. The Bertz CT molecular complexity index is 780. The van der Waals surface area contributed by atoms with Crippen molar-refractivity contribution in [2.24, 2.45) is 0 Å². The molecule has 1 aromatic heterocycles. The van der Waals surface area contributed by atoms with Crippen LogP contribution < -0.4 is 10.1 Å². The lowest BCUT2D eigenvalue weighted by Gasteiger charge is -2.19. The van der Waals surface area contributed by atoms with E-state index in [1.165, 1.54) is 30.6 Å². The Morgan fingerprint density at radius 3 is 2.64 bits per heavy atom. The van der Waals surface area contributed by atoms with E-state index in [-0.39, 0.29) is 12.1 Å². The topological polar surface area (TPSA) is 97.8 Å². The van der Waals surface area contributed by atoms with Crippen LogP contribution >= 0.6 is 11.3 Å². The predicted octanol–water partition coefficient (Wildman–Crippen LogP) is 3.54. The largest absolute Gasteiger partial charge is 0.496 e. The first kappa shape index (κ1) is 18.7. The number of amides is 1. The average Bonchev–Trinajstić information content (AvgIpc) is 2.99. The smallest absolute Gasteiger partial charge is 0.408 e. The molecule has 0 spiro atoms. The van der Waals surface area contributed by atoms with Crippen LogP contribution in [0, 0.1) is 0 Å². The van der Waals surface area contributed by atoms with E-state index in [0.29, 0.717) is 22.0 Å².